The third kappa shape index (κ3) is 6.90. The molecule has 15 heteroatoms. The predicted molar refractivity (Wildman–Crippen MR) is 144 cm³/mol. The third-order valence-electron chi connectivity index (χ3n) is 8.37. The van der Waals surface area contributed by atoms with E-state index in [1.807, 2.05) is 4.90 Å². The van der Waals surface area contributed by atoms with Gasteiger partial charge in [-0.25, -0.2) is 0 Å². The largest absolute Gasteiger partial charge is 0.416 e. The van der Waals surface area contributed by atoms with E-state index in [-0.39, 0.29) is 23.1 Å². The number of rotatable bonds is 6. The van der Waals surface area contributed by atoms with Gasteiger partial charge < -0.3 is 9.80 Å². The normalized spacial score (nSPS) is 18.4. The van der Waals surface area contributed by atoms with Crippen molar-refractivity contribution >= 4 is 11.6 Å². The Hall–Kier alpha value is -3.52. The highest BCUT2D eigenvalue weighted by Crippen LogP contribution is 2.45. The van der Waals surface area contributed by atoms with Crippen molar-refractivity contribution in [3.63, 3.8) is 0 Å². The average Bonchev–Trinajstić information content (AvgIpc) is 3.55. The van der Waals surface area contributed by atoms with E-state index in [4.69, 9.17) is 0 Å². The number of halogens is 9. The second-order valence-electron chi connectivity index (χ2n) is 11.6. The number of alkyl halides is 9. The third-order valence-corrected chi connectivity index (χ3v) is 8.37. The van der Waals surface area contributed by atoms with Crippen molar-refractivity contribution in [1.29, 1.82) is 0 Å². The van der Waals surface area contributed by atoms with Crippen LogP contribution in [0.2, 0.25) is 0 Å². The van der Waals surface area contributed by atoms with Crippen molar-refractivity contribution < 1.29 is 39.5 Å². The highest BCUT2D eigenvalue weighted by atomic mass is 19.4. The van der Waals surface area contributed by atoms with E-state index in [1.54, 1.807) is 0 Å². The Bertz CT molecular complexity index is 1440. The molecule has 0 N–H and O–H groups in total. The molecule has 0 amide bonds. The molecule has 0 spiro atoms. The first kappa shape index (κ1) is 31.9. The van der Waals surface area contributed by atoms with Gasteiger partial charge in [0.15, 0.2) is 0 Å². The smallest absolute Gasteiger partial charge is 0.371 e. The van der Waals surface area contributed by atoms with E-state index < -0.39 is 47.8 Å². The number of aromatic nitrogens is 4. The van der Waals surface area contributed by atoms with Crippen LogP contribution >= 0.6 is 0 Å². The van der Waals surface area contributed by atoms with Gasteiger partial charge in [-0.15, -0.1) is 5.10 Å². The number of anilines is 2. The van der Waals surface area contributed by atoms with Crippen LogP contribution in [0.4, 0.5) is 51.1 Å². The quantitative estimate of drug-likeness (QED) is 0.257. The lowest BCUT2D eigenvalue weighted by atomic mass is 9.94. The van der Waals surface area contributed by atoms with Crippen molar-refractivity contribution in [2.45, 2.75) is 76.6 Å². The summed E-state index contributed by atoms with van der Waals surface area (Å²) in [5.74, 6) is 0.231. The van der Waals surface area contributed by atoms with E-state index in [0.717, 1.165) is 36.5 Å². The molecule has 1 saturated carbocycles. The van der Waals surface area contributed by atoms with Crippen LogP contribution < -0.4 is 9.80 Å². The minimum absolute atomic E-state index is 0.0468. The van der Waals surface area contributed by atoms with Gasteiger partial charge in [-0.05, 0) is 84.7 Å². The summed E-state index contributed by atoms with van der Waals surface area (Å²) < 4.78 is 124. The Morgan fingerprint density at radius 3 is 2.00 bits per heavy atom. The summed E-state index contributed by atoms with van der Waals surface area (Å²) in [6.45, 7) is 1.83. The number of benzene rings is 2. The molecule has 2 aliphatic rings. The summed E-state index contributed by atoms with van der Waals surface area (Å²) in [4.78, 5) is 4.47. The molecule has 3 aromatic rings. The zero-order chi connectivity index (χ0) is 32.0. The van der Waals surface area contributed by atoms with Crippen molar-refractivity contribution in [1.82, 2.24) is 20.2 Å². The van der Waals surface area contributed by atoms with E-state index >= 15 is 0 Å². The first-order valence-electron chi connectivity index (χ1n) is 14.3. The molecule has 240 valence electrons. The predicted octanol–water partition coefficient (Wildman–Crippen LogP) is 8.11. The molecule has 0 unspecified atom stereocenters. The lowest BCUT2D eigenvalue weighted by Gasteiger charge is -2.34. The minimum Gasteiger partial charge on any atom is -0.371 e. The number of nitrogens with zero attached hydrogens (tertiary/aromatic N) is 6. The molecule has 44 heavy (non-hydrogen) atoms. The second-order valence-corrected chi connectivity index (χ2v) is 11.6. The van der Waals surface area contributed by atoms with Crippen LogP contribution in [-0.2, 0) is 32.1 Å². The summed E-state index contributed by atoms with van der Waals surface area (Å²) in [6.07, 6.45) is -9.89. The highest BCUT2D eigenvalue weighted by molar-refractivity contribution is 5.62. The first-order valence-corrected chi connectivity index (χ1v) is 14.3. The Morgan fingerprint density at radius 1 is 0.818 bits per heavy atom. The Morgan fingerprint density at radius 2 is 1.45 bits per heavy atom. The van der Waals surface area contributed by atoms with Crippen molar-refractivity contribution in [2.24, 2.45) is 13.0 Å². The fourth-order valence-electron chi connectivity index (χ4n) is 6.35. The topological polar surface area (TPSA) is 50.1 Å². The van der Waals surface area contributed by atoms with Crippen LogP contribution in [-0.4, -0.2) is 33.3 Å². The zero-order valence-corrected chi connectivity index (χ0v) is 24.0. The molecule has 6 nitrogen and oxygen atoms in total. The van der Waals surface area contributed by atoms with Crippen LogP contribution in [0.3, 0.4) is 0 Å². The summed E-state index contributed by atoms with van der Waals surface area (Å²) in [5, 5.41) is 12.0. The van der Waals surface area contributed by atoms with E-state index in [2.05, 4.69) is 15.4 Å². The van der Waals surface area contributed by atoms with Gasteiger partial charge in [-0.1, -0.05) is 24.0 Å². The van der Waals surface area contributed by atoms with E-state index in [9.17, 15) is 39.5 Å². The van der Waals surface area contributed by atoms with Gasteiger partial charge in [0, 0.05) is 25.3 Å². The van der Waals surface area contributed by atoms with Crippen LogP contribution in [0.15, 0.2) is 30.3 Å². The summed E-state index contributed by atoms with van der Waals surface area (Å²) in [7, 11) is 1.45. The summed E-state index contributed by atoms with van der Waals surface area (Å²) >= 11 is 0. The monoisotopic (exact) mass is 634 g/mol. The Balaban J connectivity index is 1.64. The standard InChI is InChI=1S/C29H31F9N6/c1-17-10-22-24(8-5-9-43(15-18-6-3-4-7-18)25(22)14-23(17)29(36,37)38)44(26-39-41-42(2)40-26)16-19-11-20(27(30,31)32)13-21(12-19)28(33,34)35/h10-14,18,24H,3-9,15-16H2,1-2H3/t24-/m0/s1. The molecule has 1 aliphatic carbocycles. The molecular formula is C29H31F9N6. The molecule has 2 heterocycles. The minimum atomic E-state index is -5.05. The van der Waals surface area contributed by atoms with Crippen LogP contribution in [0.1, 0.15) is 77.9 Å². The van der Waals surface area contributed by atoms with Crippen molar-refractivity contribution in [3.8, 4) is 0 Å². The molecule has 2 aromatic carbocycles. The SMILES string of the molecule is Cc1cc2c(cc1C(F)(F)F)N(CC1CCCC1)CCC[C@@H]2N(Cc1cc(C(F)(F)F)cc(C(F)(F)F)c1)c1nnn(C)n1. The molecule has 0 saturated heterocycles. The van der Waals surface area contributed by atoms with Crippen molar-refractivity contribution in [2.75, 3.05) is 22.9 Å². The first-order chi connectivity index (χ1) is 20.5. The van der Waals surface area contributed by atoms with Gasteiger partial charge in [0.1, 0.15) is 0 Å². The molecule has 1 aliphatic heterocycles. The lowest BCUT2D eigenvalue weighted by molar-refractivity contribution is -0.143. The Kier molecular flexibility index (Phi) is 8.53. The maximum Gasteiger partial charge on any atom is 0.416 e. The maximum absolute atomic E-state index is 14.1. The molecule has 1 aromatic heterocycles. The number of hydrogen-bond acceptors (Lipinski definition) is 5. The lowest BCUT2D eigenvalue weighted by Crippen LogP contribution is -2.31. The van der Waals surface area contributed by atoms with E-state index in [0.29, 0.717) is 55.2 Å². The average molecular weight is 635 g/mol. The number of tetrazole rings is 1. The number of hydrogen-bond donors (Lipinski definition) is 0. The molecular weight excluding hydrogens is 603 g/mol. The maximum atomic E-state index is 14.1. The van der Waals surface area contributed by atoms with Crippen molar-refractivity contribution in [3.05, 3.63) is 63.7 Å². The molecule has 0 bridgehead atoms. The molecule has 5 rings (SSSR count). The number of aryl methyl sites for hydroxylation is 2. The second kappa shape index (κ2) is 11.8. The summed E-state index contributed by atoms with van der Waals surface area (Å²) in [5.41, 5.74) is -3.28. The fraction of sp³-hybridized carbons (Fsp3) is 0.552. The van der Waals surface area contributed by atoms with Gasteiger partial charge in [-0.2, -0.15) is 44.3 Å². The van der Waals surface area contributed by atoms with Gasteiger partial charge >= 0.3 is 18.5 Å². The van der Waals surface area contributed by atoms with E-state index in [1.165, 1.54) is 24.9 Å². The van der Waals surface area contributed by atoms with Gasteiger partial charge in [0.25, 0.3) is 5.95 Å². The van der Waals surface area contributed by atoms with Gasteiger partial charge in [-0.3, -0.25) is 0 Å². The highest BCUT2D eigenvalue weighted by Gasteiger charge is 2.39. The molecule has 1 fully saturated rings. The van der Waals surface area contributed by atoms with Crippen LogP contribution in [0.25, 0.3) is 0 Å². The molecule has 0 radical (unpaired) electrons. The fourth-order valence-corrected chi connectivity index (χ4v) is 6.35. The van der Waals surface area contributed by atoms with Gasteiger partial charge in [0.2, 0.25) is 0 Å². The zero-order valence-electron chi connectivity index (χ0n) is 24.0. The number of fused-ring (bicyclic) bond motifs is 1. The van der Waals surface area contributed by atoms with Gasteiger partial charge in [0.05, 0.1) is 29.8 Å². The van der Waals surface area contributed by atoms with Crippen LogP contribution in [0.5, 0.6) is 0 Å². The summed E-state index contributed by atoms with van der Waals surface area (Å²) in [6, 6.07) is 3.10. The molecule has 1 atom stereocenters. The Labute approximate surface area is 247 Å². The van der Waals surface area contributed by atoms with Crippen LogP contribution in [0, 0.1) is 12.8 Å².